The van der Waals surface area contributed by atoms with Gasteiger partial charge in [-0.25, -0.2) is 14.8 Å². The minimum absolute atomic E-state index is 0.232. The van der Waals surface area contributed by atoms with Crippen LogP contribution in [-0.2, 0) is 4.74 Å². The molecule has 0 amide bonds. The summed E-state index contributed by atoms with van der Waals surface area (Å²) < 4.78 is 5.20. The first-order chi connectivity index (χ1) is 8.74. The molecule has 2 aromatic heterocycles. The maximum Gasteiger partial charge on any atom is 0.357 e. The summed E-state index contributed by atoms with van der Waals surface area (Å²) in [7, 11) is 0. The molecule has 2 heterocycles. The van der Waals surface area contributed by atoms with Gasteiger partial charge in [0.05, 0.1) is 18.1 Å². The average Bonchev–Trinajstić information content (AvgIpc) is 2.80. The van der Waals surface area contributed by atoms with Gasteiger partial charge in [-0.15, -0.1) is 0 Å². The molecule has 0 aromatic carbocycles. The zero-order chi connectivity index (χ0) is 12.5. The number of nitrogens with zero attached hydrogens (tertiary/aromatic N) is 2. The first-order valence-corrected chi connectivity index (χ1v) is 5.87. The molecule has 6 heteroatoms. The second-order valence-corrected chi connectivity index (χ2v) is 4.55. The molecule has 2 N–H and O–H groups in total. The van der Waals surface area contributed by atoms with Gasteiger partial charge in [-0.1, -0.05) is 0 Å². The number of rotatable bonds is 3. The van der Waals surface area contributed by atoms with Crippen molar-refractivity contribution in [3.8, 4) is 0 Å². The van der Waals surface area contributed by atoms with Gasteiger partial charge in [0, 0.05) is 6.20 Å². The zero-order valence-electron chi connectivity index (χ0n) is 9.67. The standard InChI is InChI=1S/C12H13N3O3/c16-8-3-7(4-8)5-18-12(17)10-9-1-2-13-11(9)15-6-14-10/h1-2,6-8,16H,3-5H2,(H,13,14,15). The molecule has 0 aliphatic heterocycles. The molecule has 1 aliphatic carbocycles. The van der Waals surface area contributed by atoms with Crippen LogP contribution in [0.3, 0.4) is 0 Å². The number of nitrogens with one attached hydrogen (secondary N) is 1. The molecule has 94 valence electrons. The van der Waals surface area contributed by atoms with E-state index >= 15 is 0 Å². The third kappa shape index (κ3) is 1.95. The van der Waals surface area contributed by atoms with Crippen molar-refractivity contribution in [1.29, 1.82) is 0 Å². The quantitative estimate of drug-likeness (QED) is 0.786. The van der Waals surface area contributed by atoms with Crippen molar-refractivity contribution in [2.45, 2.75) is 18.9 Å². The van der Waals surface area contributed by atoms with Crippen molar-refractivity contribution in [2.75, 3.05) is 6.61 Å². The SMILES string of the molecule is O=C(OCC1CC(O)C1)c1ncnc2[nH]ccc12. The molecule has 2 aromatic rings. The summed E-state index contributed by atoms with van der Waals surface area (Å²) in [6, 6.07) is 1.75. The Labute approximate surface area is 103 Å². The van der Waals surface area contributed by atoms with Gasteiger partial charge in [-0.05, 0) is 24.8 Å². The summed E-state index contributed by atoms with van der Waals surface area (Å²) in [5, 5.41) is 9.81. The van der Waals surface area contributed by atoms with Crippen molar-refractivity contribution >= 4 is 17.0 Å². The van der Waals surface area contributed by atoms with E-state index in [1.54, 1.807) is 12.3 Å². The van der Waals surface area contributed by atoms with Crippen LogP contribution in [0.25, 0.3) is 11.0 Å². The molecular weight excluding hydrogens is 234 g/mol. The molecule has 0 saturated heterocycles. The van der Waals surface area contributed by atoms with E-state index in [1.807, 2.05) is 0 Å². The Bertz CT molecular complexity index is 575. The lowest BCUT2D eigenvalue weighted by Crippen LogP contribution is -2.32. The van der Waals surface area contributed by atoms with Crippen molar-refractivity contribution in [3.63, 3.8) is 0 Å². The number of esters is 1. The Kier molecular flexibility index (Phi) is 2.71. The summed E-state index contributed by atoms with van der Waals surface area (Å²) in [6.07, 6.45) is 4.22. The molecule has 0 bridgehead atoms. The summed E-state index contributed by atoms with van der Waals surface area (Å²) in [5.74, 6) is -0.170. The van der Waals surface area contributed by atoms with Crippen molar-refractivity contribution < 1.29 is 14.6 Å². The highest BCUT2D eigenvalue weighted by Crippen LogP contribution is 2.27. The largest absolute Gasteiger partial charge is 0.461 e. The summed E-state index contributed by atoms with van der Waals surface area (Å²) in [5.41, 5.74) is 0.900. The van der Waals surface area contributed by atoms with Gasteiger partial charge in [0.2, 0.25) is 0 Å². The molecule has 6 nitrogen and oxygen atoms in total. The van der Waals surface area contributed by atoms with E-state index in [1.165, 1.54) is 6.33 Å². The number of aliphatic hydroxyl groups excluding tert-OH is 1. The van der Waals surface area contributed by atoms with E-state index in [-0.39, 0.29) is 17.7 Å². The molecular formula is C12H13N3O3. The van der Waals surface area contributed by atoms with Gasteiger partial charge in [0.15, 0.2) is 5.69 Å². The topological polar surface area (TPSA) is 88.1 Å². The Morgan fingerprint density at radius 1 is 1.50 bits per heavy atom. The van der Waals surface area contributed by atoms with Gasteiger partial charge in [-0.2, -0.15) is 0 Å². The van der Waals surface area contributed by atoms with Crippen LogP contribution >= 0.6 is 0 Å². The van der Waals surface area contributed by atoms with E-state index in [4.69, 9.17) is 9.84 Å². The lowest BCUT2D eigenvalue weighted by molar-refractivity contribution is -0.00410. The molecule has 1 saturated carbocycles. The number of fused-ring (bicyclic) bond motifs is 1. The van der Waals surface area contributed by atoms with Crippen LogP contribution in [-0.4, -0.2) is 38.7 Å². The van der Waals surface area contributed by atoms with Crippen LogP contribution in [0.5, 0.6) is 0 Å². The van der Waals surface area contributed by atoms with Crippen LogP contribution in [0.15, 0.2) is 18.6 Å². The second kappa shape index (κ2) is 4.38. The van der Waals surface area contributed by atoms with Gasteiger partial charge in [-0.3, -0.25) is 0 Å². The number of aliphatic hydroxyl groups is 1. The smallest absolute Gasteiger partial charge is 0.357 e. The third-order valence-electron chi connectivity index (χ3n) is 3.21. The molecule has 0 radical (unpaired) electrons. The molecule has 0 atom stereocenters. The van der Waals surface area contributed by atoms with Gasteiger partial charge >= 0.3 is 5.97 Å². The molecule has 18 heavy (non-hydrogen) atoms. The Morgan fingerprint density at radius 3 is 3.11 bits per heavy atom. The van der Waals surface area contributed by atoms with Crippen LogP contribution in [0, 0.1) is 5.92 Å². The average molecular weight is 247 g/mol. The Hall–Kier alpha value is -1.95. The number of H-pyrrole nitrogens is 1. The molecule has 1 aliphatic rings. The maximum atomic E-state index is 11.9. The molecule has 3 rings (SSSR count). The predicted octanol–water partition coefficient (Wildman–Crippen LogP) is 0.886. The minimum Gasteiger partial charge on any atom is -0.461 e. The lowest BCUT2D eigenvalue weighted by Gasteiger charge is -2.30. The van der Waals surface area contributed by atoms with Crippen LogP contribution < -0.4 is 0 Å². The highest BCUT2D eigenvalue weighted by Gasteiger charge is 2.28. The monoisotopic (exact) mass is 247 g/mol. The molecule has 0 unspecified atom stereocenters. The summed E-state index contributed by atoms with van der Waals surface area (Å²) in [6.45, 7) is 0.339. The van der Waals surface area contributed by atoms with Crippen LogP contribution in [0.4, 0.5) is 0 Å². The van der Waals surface area contributed by atoms with Crippen molar-refractivity contribution in [1.82, 2.24) is 15.0 Å². The third-order valence-corrected chi connectivity index (χ3v) is 3.21. The lowest BCUT2D eigenvalue weighted by atomic mass is 9.83. The number of carbonyl (C=O) groups is 1. The van der Waals surface area contributed by atoms with Crippen molar-refractivity contribution in [3.05, 3.63) is 24.3 Å². The highest BCUT2D eigenvalue weighted by atomic mass is 16.5. The summed E-state index contributed by atoms with van der Waals surface area (Å²) >= 11 is 0. The van der Waals surface area contributed by atoms with Gasteiger partial charge < -0.3 is 14.8 Å². The number of aromatic amines is 1. The normalized spacial score (nSPS) is 22.7. The first kappa shape index (κ1) is 11.2. The Morgan fingerprint density at radius 2 is 2.33 bits per heavy atom. The van der Waals surface area contributed by atoms with E-state index in [0.29, 0.717) is 30.5 Å². The fraction of sp³-hybridized carbons (Fsp3) is 0.417. The first-order valence-electron chi connectivity index (χ1n) is 5.87. The van der Waals surface area contributed by atoms with E-state index in [2.05, 4.69) is 15.0 Å². The number of ether oxygens (including phenoxy) is 1. The fourth-order valence-electron chi connectivity index (χ4n) is 2.13. The maximum absolute atomic E-state index is 11.9. The van der Waals surface area contributed by atoms with E-state index in [9.17, 15) is 4.79 Å². The number of aromatic nitrogens is 3. The van der Waals surface area contributed by atoms with E-state index < -0.39 is 5.97 Å². The zero-order valence-corrected chi connectivity index (χ0v) is 9.67. The van der Waals surface area contributed by atoms with Crippen LogP contribution in [0.1, 0.15) is 23.3 Å². The minimum atomic E-state index is -0.441. The number of hydrogen-bond donors (Lipinski definition) is 2. The molecule has 0 spiro atoms. The van der Waals surface area contributed by atoms with E-state index in [0.717, 1.165) is 0 Å². The van der Waals surface area contributed by atoms with Crippen molar-refractivity contribution in [2.24, 2.45) is 5.92 Å². The Balaban J connectivity index is 1.70. The summed E-state index contributed by atoms with van der Waals surface area (Å²) in [4.78, 5) is 22.8. The molecule has 1 fully saturated rings. The second-order valence-electron chi connectivity index (χ2n) is 4.55. The van der Waals surface area contributed by atoms with Gasteiger partial charge in [0.1, 0.15) is 12.0 Å². The number of hydrogen-bond acceptors (Lipinski definition) is 5. The fourth-order valence-corrected chi connectivity index (χ4v) is 2.13. The van der Waals surface area contributed by atoms with Gasteiger partial charge in [0.25, 0.3) is 0 Å². The number of carbonyl (C=O) groups excluding carboxylic acids is 1. The predicted molar refractivity (Wildman–Crippen MR) is 62.9 cm³/mol. The highest BCUT2D eigenvalue weighted by molar-refractivity contribution is 6.00. The van der Waals surface area contributed by atoms with Crippen LogP contribution in [0.2, 0.25) is 0 Å².